The first kappa shape index (κ1) is 14.7. The zero-order valence-corrected chi connectivity index (χ0v) is 10.5. The smallest absolute Gasteiger partial charge is 0.226 e. The Kier molecular flexibility index (Phi) is 9.38. The van der Waals surface area contributed by atoms with Gasteiger partial charge in [-0.1, -0.05) is 44.7 Å². The molecule has 2 heteroatoms. The number of hydrogen-bond acceptors (Lipinski definition) is 1. The van der Waals surface area contributed by atoms with Crippen molar-refractivity contribution >= 4 is 5.91 Å². The molecule has 0 radical (unpaired) electrons. The first-order chi connectivity index (χ1) is 7.76. The highest BCUT2D eigenvalue weighted by Crippen LogP contribution is 1.98. The van der Waals surface area contributed by atoms with Crippen LogP contribution in [0.15, 0.2) is 37.1 Å². The summed E-state index contributed by atoms with van der Waals surface area (Å²) in [6, 6.07) is 0. The van der Waals surface area contributed by atoms with Gasteiger partial charge in [0.2, 0.25) is 5.91 Å². The number of carbonyl (C=O) groups excluding carboxylic acids is 1. The molecule has 0 aromatic rings. The summed E-state index contributed by atoms with van der Waals surface area (Å²) in [7, 11) is 0. The lowest BCUT2D eigenvalue weighted by molar-refractivity contribution is -0.127. The SMILES string of the molecule is C=CN(CC=CCCC=CCC)C(=O)CC. The first-order valence-corrected chi connectivity index (χ1v) is 5.98. The van der Waals surface area contributed by atoms with Crippen LogP contribution < -0.4 is 0 Å². The molecule has 0 bridgehead atoms. The van der Waals surface area contributed by atoms with Crippen LogP contribution in [0.5, 0.6) is 0 Å². The van der Waals surface area contributed by atoms with Gasteiger partial charge < -0.3 is 4.90 Å². The summed E-state index contributed by atoms with van der Waals surface area (Å²) in [5.74, 6) is 0.116. The molecule has 0 saturated heterocycles. The van der Waals surface area contributed by atoms with Crippen molar-refractivity contribution in [1.29, 1.82) is 0 Å². The van der Waals surface area contributed by atoms with Crippen molar-refractivity contribution in [3.8, 4) is 0 Å². The van der Waals surface area contributed by atoms with Crippen LogP contribution >= 0.6 is 0 Å². The minimum absolute atomic E-state index is 0.116. The minimum atomic E-state index is 0.116. The van der Waals surface area contributed by atoms with Crippen LogP contribution in [0, 0.1) is 0 Å². The molecule has 0 aliphatic heterocycles. The third kappa shape index (κ3) is 7.04. The van der Waals surface area contributed by atoms with E-state index in [0.29, 0.717) is 13.0 Å². The Hall–Kier alpha value is -1.31. The quantitative estimate of drug-likeness (QED) is 0.452. The highest BCUT2D eigenvalue weighted by molar-refractivity contribution is 5.76. The topological polar surface area (TPSA) is 20.3 Å². The van der Waals surface area contributed by atoms with Crippen molar-refractivity contribution in [1.82, 2.24) is 4.90 Å². The molecule has 0 aromatic heterocycles. The van der Waals surface area contributed by atoms with Crippen molar-refractivity contribution in [2.75, 3.05) is 6.54 Å². The molecule has 0 fully saturated rings. The lowest BCUT2D eigenvalue weighted by atomic mass is 10.2. The van der Waals surface area contributed by atoms with Crippen molar-refractivity contribution in [2.45, 2.75) is 39.5 Å². The zero-order chi connectivity index (χ0) is 12.2. The Labute approximate surface area is 99.3 Å². The third-order valence-corrected chi connectivity index (χ3v) is 2.21. The highest BCUT2D eigenvalue weighted by atomic mass is 16.2. The van der Waals surface area contributed by atoms with Gasteiger partial charge in [-0.2, -0.15) is 0 Å². The Bertz CT molecular complexity index is 253. The van der Waals surface area contributed by atoms with E-state index in [9.17, 15) is 4.79 Å². The van der Waals surface area contributed by atoms with Crippen LogP contribution in [0.25, 0.3) is 0 Å². The molecule has 90 valence electrons. The Morgan fingerprint density at radius 3 is 2.25 bits per heavy atom. The maximum absolute atomic E-state index is 11.4. The molecule has 0 unspecified atom stereocenters. The number of nitrogens with zero attached hydrogens (tertiary/aromatic N) is 1. The number of unbranched alkanes of at least 4 members (excludes halogenated alkanes) is 1. The molecule has 0 rings (SSSR count). The van der Waals surface area contributed by atoms with Gasteiger partial charge >= 0.3 is 0 Å². The second-order valence-corrected chi connectivity index (χ2v) is 3.51. The maximum atomic E-state index is 11.4. The van der Waals surface area contributed by atoms with Gasteiger partial charge in [0.15, 0.2) is 0 Å². The number of allylic oxidation sites excluding steroid dienone is 3. The lowest BCUT2D eigenvalue weighted by Gasteiger charge is -2.14. The molecule has 2 nitrogen and oxygen atoms in total. The molecule has 1 amide bonds. The Balaban J connectivity index is 3.76. The summed E-state index contributed by atoms with van der Waals surface area (Å²) in [6.07, 6.45) is 13.8. The summed E-state index contributed by atoms with van der Waals surface area (Å²) >= 11 is 0. The van der Waals surface area contributed by atoms with Gasteiger partial charge in [0.05, 0.1) is 0 Å². The highest BCUT2D eigenvalue weighted by Gasteiger charge is 2.03. The molecular formula is C14H23NO. The molecule has 0 heterocycles. The average Bonchev–Trinajstić information content (AvgIpc) is 2.32. The Morgan fingerprint density at radius 2 is 1.75 bits per heavy atom. The maximum Gasteiger partial charge on any atom is 0.226 e. The predicted molar refractivity (Wildman–Crippen MR) is 70.0 cm³/mol. The lowest BCUT2D eigenvalue weighted by Crippen LogP contribution is -2.24. The van der Waals surface area contributed by atoms with Crippen LogP contribution in [-0.2, 0) is 4.79 Å². The summed E-state index contributed by atoms with van der Waals surface area (Å²) in [5.41, 5.74) is 0. The van der Waals surface area contributed by atoms with E-state index in [-0.39, 0.29) is 5.91 Å². The fraction of sp³-hybridized carbons (Fsp3) is 0.500. The molecule has 0 spiro atoms. The molecule has 0 aliphatic carbocycles. The van der Waals surface area contributed by atoms with E-state index in [1.165, 1.54) is 0 Å². The van der Waals surface area contributed by atoms with Gasteiger partial charge in [0.25, 0.3) is 0 Å². The van der Waals surface area contributed by atoms with E-state index in [0.717, 1.165) is 19.3 Å². The molecule has 16 heavy (non-hydrogen) atoms. The number of amides is 1. The van der Waals surface area contributed by atoms with E-state index in [2.05, 4.69) is 31.7 Å². The monoisotopic (exact) mass is 221 g/mol. The minimum Gasteiger partial charge on any atom is -0.316 e. The molecule has 0 atom stereocenters. The van der Waals surface area contributed by atoms with E-state index < -0.39 is 0 Å². The van der Waals surface area contributed by atoms with E-state index in [1.54, 1.807) is 11.1 Å². The normalized spacial score (nSPS) is 11.1. The summed E-state index contributed by atoms with van der Waals surface area (Å²) in [5, 5.41) is 0. The van der Waals surface area contributed by atoms with Gasteiger partial charge in [-0.3, -0.25) is 4.79 Å². The van der Waals surface area contributed by atoms with E-state index in [1.807, 2.05) is 13.0 Å². The molecular weight excluding hydrogens is 198 g/mol. The third-order valence-electron chi connectivity index (χ3n) is 2.21. The van der Waals surface area contributed by atoms with Gasteiger partial charge in [0.1, 0.15) is 0 Å². The average molecular weight is 221 g/mol. The molecule has 0 N–H and O–H groups in total. The van der Waals surface area contributed by atoms with Crippen LogP contribution in [0.2, 0.25) is 0 Å². The number of rotatable bonds is 8. The number of carbonyl (C=O) groups is 1. The zero-order valence-electron chi connectivity index (χ0n) is 10.5. The second-order valence-electron chi connectivity index (χ2n) is 3.51. The fourth-order valence-electron chi connectivity index (χ4n) is 1.26. The van der Waals surface area contributed by atoms with Crippen molar-refractivity contribution in [3.63, 3.8) is 0 Å². The predicted octanol–water partition coefficient (Wildman–Crippen LogP) is 3.67. The number of hydrogen-bond donors (Lipinski definition) is 0. The first-order valence-electron chi connectivity index (χ1n) is 5.98. The van der Waals surface area contributed by atoms with Crippen LogP contribution in [-0.4, -0.2) is 17.4 Å². The van der Waals surface area contributed by atoms with Crippen LogP contribution in [0.4, 0.5) is 0 Å². The summed E-state index contributed by atoms with van der Waals surface area (Å²) in [6.45, 7) is 8.25. The van der Waals surface area contributed by atoms with Gasteiger partial charge in [-0.05, 0) is 25.5 Å². The molecule has 0 aliphatic rings. The molecule has 0 aromatic carbocycles. The van der Waals surface area contributed by atoms with Gasteiger partial charge in [-0.15, -0.1) is 0 Å². The summed E-state index contributed by atoms with van der Waals surface area (Å²) < 4.78 is 0. The van der Waals surface area contributed by atoms with E-state index >= 15 is 0 Å². The Morgan fingerprint density at radius 1 is 1.12 bits per heavy atom. The van der Waals surface area contributed by atoms with Gasteiger partial charge in [-0.25, -0.2) is 0 Å². The standard InChI is InChI=1S/C14H23NO/c1-4-7-8-9-10-11-12-13-15(6-3)14(16)5-2/h6-8,11-12H,3-5,9-10,13H2,1-2H3. The fourth-order valence-corrected chi connectivity index (χ4v) is 1.26. The van der Waals surface area contributed by atoms with Gasteiger partial charge in [0, 0.05) is 13.0 Å². The van der Waals surface area contributed by atoms with Crippen LogP contribution in [0.1, 0.15) is 39.5 Å². The molecule has 0 saturated carbocycles. The van der Waals surface area contributed by atoms with Crippen molar-refractivity contribution in [3.05, 3.63) is 37.1 Å². The van der Waals surface area contributed by atoms with Crippen molar-refractivity contribution in [2.24, 2.45) is 0 Å². The van der Waals surface area contributed by atoms with Crippen molar-refractivity contribution < 1.29 is 4.79 Å². The van der Waals surface area contributed by atoms with E-state index in [4.69, 9.17) is 0 Å². The van der Waals surface area contributed by atoms with Crippen LogP contribution in [0.3, 0.4) is 0 Å². The second kappa shape index (κ2) is 10.2. The largest absolute Gasteiger partial charge is 0.316 e. The summed E-state index contributed by atoms with van der Waals surface area (Å²) in [4.78, 5) is 13.0.